The molecule has 1 aromatic carbocycles. The Kier molecular flexibility index (Phi) is 4.27. The van der Waals surface area contributed by atoms with Crippen molar-refractivity contribution < 1.29 is 8.42 Å². The maximum atomic E-state index is 10.9. The van der Waals surface area contributed by atoms with Crippen molar-refractivity contribution in [3.8, 4) is 0 Å². The minimum absolute atomic E-state index is 0.375. The predicted octanol–water partition coefficient (Wildman–Crippen LogP) is 0.946. The highest BCUT2D eigenvalue weighted by molar-refractivity contribution is 7.88. The van der Waals surface area contributed by atoms with Gasteiger partial charge in [-0.3, -0.25) is 0 Å². The van der Waals surface area contributed by atoms with E-state index in [9.17, 15) is 8.42 Å². The molecule has 0 aliphatic heterocycles. The Morgan fingerprint density at radius 2 is 2.00 bits per heavy atom. The number of sulfonamides is 1. The highest BCUT2D eigenvalue weighted by atomic mass is 35.5. The monoisotopic (exact) mass is 288 g/mol. The fraction of sp³-hybridized carbons (Fsp3) is 0.500. The molecule has 1 aromatic rings. The first-order chi connectivity index (χ1) is 8.44. The smallest absolute Gasteiger partial charge is 0.208 e. The predicted molar refractivity (Wildman–Crippen MR) is 73.5 cm³/mol. The Morgan fingerprint density at radius 1 is 1.28 bits per heavy atom. The molecule has 1 aliphatic rings. The zero-order valence-corrected chi connectivity index (χ0v) is 11.8. The summed E-state index contributed by atoms with van der Waals surface area (Å²) < 4.78 is 24.2. The average molecular weight is 289 g/mol. The number of hydrogen-bond acceptors (Lipinski definition) is 3. The van der Waals surface area contributed by atoms with Crippen molar-refractivity contribution in [2.45, 2.75) is 18.9 Å². The van der Waals surface area contributed by atoms with E-state index in [1.807, 2.05) is 12.1 Å². The van der Waals surface area contributed by atoms with E-state index in [2.05, 4.69) is 16.1 Å². The molecule has 18 heavy (non-hydrogen) atoms. The standard InChI is InChI=1S/C12H17ClN2O2S/c1-18(16,17)15-5-4-14-12-7-9-2-3-11(13)6-10(9)8-12/h2-3,6,12,14-15H,4-5,7-8H2,1H3. The lowest BCUT2D eigenvalue weighted by molar-refractivity contribution is 0.528. The topological polar surface area (TPSA) is 58.2 Å². The summed E-state index contributed by atoms with van der Waals surface area (Å²) in [5, 5.41) is 4.12. The second kappa shape index (κ2) is 5.57. The number of hydrogen-bond donors (Lipinski definition) is 2. The molecule has 2 rings (SSSR count). The number of fused-ring (bicyclic) bond motifs is 1. The van der Waals surface area contributed by atoms with Crippen molar-refractivity contribution in [1.82, 2.24) is 10.0 Å². The average Bonchev–Trinajstić information content (AvgIpc) is 2.65. The van der Waals surface area contributed by atoms with Gasteiger partial charge >= 0.3 is 0 Å². The third kappa shape index (κ3) is 3.95. The summed E-state index contributed by atoms with van der Waals surface area (Å²) in [6, 6.07) is 6.36. The van der Waals surface area contributed by atoms with Crippen LogP contribution in [0.25, 0.3) is 0 Å². The number of halogens is 1. The third-order valence-corrected chi connectivity index (χ3v) is 3.99. The van der Waals surface area contributed by atoms with Crippen molar-refractivity contribution in [2.24, 2.45) is 0 Å². The van der Waals surface area contributed by atoms with E-state index in [4.69, 9.17) is 11.6 Å². The summed E-state index contributed by atoms with van der Waals surface area (Å²) in [5.41, 5.74) is 2.61. The molecule has 6 heteroatoms. The normalized spacial score (nSPS) is 18.9. The van der Waals surface area contributed by atoms with Gasteiger partial charge in [0, 0.05) is 24.2 Å². The molecule has 0 saturated carbocycles. The molecule has 0 bridgehead atoms. The van der Waals surface area contributed by atoms with Gasteiger partial charge in [0.1, 0.15) is 0 Å². The summed E-state index contributed by atoms with van der Waals surface area (Å²) in [7, 11) is -3.09. The fourth-order valence-electron chi connectivity index (χ4n) is 2.24. The summed E-state index contributed by atoms with van der Waals surface area (Å²) in [4.78, 5) is 0. The zero-order valence-electron chi connectivity index (χ0n) is 10.2. The zero-order chi connectivity index (χ0) is 13.2. The second-order valence-electron chi connectivity index (χ2n) is 4.64. The lowest BCUT2D eigenvalue weighted by Crippen LogP contribution is -2.37. The summed E-state index contributed by atoms with van der Waals surface area (Å²) in [5.74, 6) is 0. The first-order valence-corrected chi connectivity index (χ1v) is 8.16. The summed E-state index contributed by atoms with van der Waals surface area (Å²) >= 11 is 5.95. The molecular weight excluding hydrogens is 272 g/mol. The Labute approximate surface area is 113 Å². The molecule has 1 aliphatic carbocycles. The van der Waals surface area contributed by atoms with Crippen molar-refractivity contribution in [3.63, 3.8) is 0 Å². The van der Waals surface area contributed by atoms with Crippen LogP contribution in [-0.4, -0.2) is 33.8 Å². The Hall–Kier alpha value is -0.620. The van der Waals surface area contributed by atoms with E-state index < -0.39 is 10.0 Å². The van der Waals surface area contributed by atoms with Crippen LogP contribution in [0.1, 0.15) is 11.1 Å². The second-order valence-corrected chi connectivity index (χ2v) is 6.91. The molecule has 0 heterocycles. The molecule has 1 atom stereocenters. The summed E-state index contributed by atoms with van der Waals surface area (Å²) in [6.45, 7) is 1.06. The number of nitrogens with one attached hydrogen (secondary N) is 2. The highest BCUT2D eigenvalue weighted by Crippen LogP contribution is 2.25. The lowest BCUT2D eigenvalue weighted by atomic mass is 10.1. The van der Waals surface area contributed by atoms with Crippen molar-refractivity contribution in [1.29, 1.82) is 0 Å². The molecular formula is C12H17ClN2O2S. The largest absolute Gasteiger partial charge is 0.312 e. The van der Waals surface area contributed by atoms with Crippen LogP contribution >= 0.6 is 11.6 Å². The van der Waals surface area contributed by atoms with Gasteiger partial charge in [0.05, 0.1) is 6.26 Å². The minimum Gasteiger partial charge on any atom is -0.312 e. The SMILES string of the molecule is CS(=O)(=O)NCCNC1Cc2ccc(Cl)cc2C1. The van der Waals surface area contributed by atoms with Crippen LogP contribution in [0.15, 0.2) is 18.2 Å². The Morgan fingerprint density at radius 3 is 2.72 bits per heavy atom. The van der Waals surface area contributed by atoms with Gasteiger partial charge in [0.2, 0.25) is 10.0 Å². The van der Waals surface area contributed by atoms with E-state index >= 15 is 0 Å². The van der Waals surface area contributed by atoms with Crippen LogP contribution in [0.4, 0.5) is 0 Å². The number of benzene rings is 1. The van der Waals surface area contributed by atoms with E-state index in [0.29, 0.717) is 19.1 Å². The van der Waals surface area contributed by atoms with E-state index in [-0.39, 0.29) is 0 Å². The van der Waals surface area contributed by atoms with Gasteiger partial charge in [-0.2, -0.15) is 0 Å². The van der Waals surface area contributed by atoms with Gasteiger partial charge in [-0.1, -0.05) is 17.7 Å². The van der Waals surface area contributed by atoms with Crippen LogP contribution in [0.5, 0.6) is 0 Å². The van der Waals surface area contributed by atoms with Gasteiger partial charge in [0.15, 0.2) is 0 Å². The maximum Gasteiger partial charge on any atom is 0.208 e. The van der Waals surface area contributed by atoms with E-state index in [0.717, 1.165) is 17.9 Å². The summed E-state index contributed by atoms with van der Waals surface area (Å²) in [6.07, 6.45) is 3.10. The van der Waals surface area contributed by atoms with E-state index in [1.54, 1.807) is 0 Å². The van der Waals surface area contributed by atoms with Crippen LogP contribution in [0.2, 0.25) is 5.02 Å². The lowest BCUT2D eigenvalue weighted by Gasteiger charge is -2.11. The van der Waals surface area contributed by atoms with Gasteiger partial charge in [-0.15, -0.1) is 0 Å². The first-order valence-electron chi connectivity index (χ1n) is 5.89. The quantitative estimate of drug-likeness (QED) is 0.793. The van der Waals surface area contributed by atoms with Crippen LogP contribution in [0.3, 0.4) is 0 Å². The van der Waals surface area contributed by atoms with Crippen LogP contribution in [0, 0.1) is 0 Å². The molecule has 100 valence electrons. The molecule has 0 radical (unpaired) electrons. The minimum atomic E-state index is -3.09. The molecule has 1 unspecified atom stereocenters. The molecule has 0 saturated heterocycles. The van der Waals surface area contributed by atoms with Gasteiger partial charge < -0.3 is 5.32 Å². The Balaban J connectivity index is 1.78. The molecule has 0 aromatic heterocycles. The van der Waals surface area contributed by atoms with Crippen molar-refractivity contribution >= 4 is 21.6 Å². The molecule has 4 nitrogen and oxygen atoms in total. The van der Waals surface area contributed by atoms with E-state index in [1.165, 1.54) is 17.4 Å². The van der Waals surface area contributed by atoms with Crippen molar-refractivity contribution in [2.75, 3.05) is 19.3 Å². The molecule has 2 N–H and O–H groups in total. The third-order valence-electron chi connectivity index (χ3n) is 3.02. The van der Waals surface area contributed by atoms with Gasteiger partial charge in [-0.05, 0) is 36.1 Å². The fourth-order valence-corrected chi connectivity index (χ4v) is 2.91. The molecule has 0 spiro atoms. The first kappa shape index (κ1) is 13.8. The van der Waals surface area contributed by atoms with Crippen molar-refractivity contribution in [3.05, 3.63) is 34.3 Å². The van der Waals surface area contributed by atoms with Crippen LogP contribution < -0.4 is 10.0 Å². The van der Waals surface area contributed by atoms with Crippen LogP contribution in [-0.2, 0) is 22.9 Å². The Bertz CT molecular complexity index is 531. The van der Waals surface area contributed by atoms with Gasteiger partial charge in [0.25, 0.3) is 0 Å². The number of rotatable bonds is 5. The molecule has 0 amide bonds. The maximum absolute atomic E-state index is 10.9. The highest BCUT2D eigenvalue weighted by Gasteiger charge is 2.20. The molecule has 0 fully saturated rings. The van der Waals surface area contributed by atoms with Gasteiger partial charge in [-0.25, -0.2) is 13.1 Å².